The van der Waals surface area contributed by atoms with Crippen molar-refractivity contribution in [1.29, 1.82) is 5.26 Å². The van der Waals surface area contributed by atoms with Crippen LogP contribution in [0.1, 0.15) is 39.2 Å². The second kappa shape index (κ2) is 11.2. The number of thioether (sulfide) groups is 1. The molecular weight excluding hydrogens is 516 g/mol. The molecule has 1 heterocycles. The summed E-state index contributed by atoms with van der Waals surface area (Å²) in [6, 6.07) is 23.4. The molecule has 4 rings (SSSR count). The maximum Gasteiger partial charge on any atom is 0.250 e. The van der Waals surface area contributed by atoms with Gasteiger partial charge in [0.25, 0.3) is 0 Å². The van der Waals surface area contributed by atoms with E-state index in [0.29, 0.717) is 29.7 Å². The molecule has 1 fully saturated rings. The molecule has 38 heavy (non-hydrogen) atoms. The number of rotatable bonds is 7. The smallest absolute Gasteiger partial charge is 0.250 e. The molecule has 0 atom stereocenters. The average Bonchev–Trinajstić information content (AvgIpc) is 2.88. The zero-order chi connectivity index (χ0) is 27.4. The monoisotopic (exact) mass is 548 g/mol. The van der Waals surface area contributed by atoms with Crippen molar-refractivity contribution in [2.75, 3.05) is 22.1 Å². The first-order chi connectivity index (χ1) is 18.0. The molecule has 1 aliphatic rings. The highest BCUT2D eigenvalue weighted by Crippen LogP contribution is 2.33. The van der Waals surface area contributed by atoms with Crippen LogP contribution in [-0.2, 0) is 14.8 Å². The summed E-state index contributed by atoms with van der Waals surface area (Å²) in [6.45, 7) is 5.41. The lowest BCUT2D eigenvalue weighted by atomic mass is 9.90. The van der Waals surface area contributed by atoms with Gasteiger partial charge in [-0.3, -0.25) is 4.79 Å². The number of anilines is 2. The fourth-order valence-corrected chi connectivity index (χ4v) is 7.29. The van der Waals surface area contributed by atoms with Gasteiger partial charge >= 0.3 is 0 Å². The van der Waals surface area contributed by atoms with Crippen LogP contribution in [0.15, 0.2) is 77.7 Å². The summed E-state index contributed by atoms with van der Waals surface area (Å²) in [5.41, 5.74) is 1.80. The van der Waals surface area contributed by atoms with Crippen LogP contribution in [0.5, 0.6) is 0 Å². The van der Waals surface area contributed by atoms with E-state index in [1.807, 2.05) is 30.0 Å². The minimum atomic E-state index is -3.73. The number of benzene rings is 3. The highest BCUT2D eigenvalue weighted by atomic mass is 32.2. The molecule has 0 bridgehead atoms. The molecule has 3 N–H and O–H groups in total. The van der Waals surface area contributed by atoms with Gasteiger partial charge in [-0.2, -0.15) is 17.0 Å². The van der Waals surface area contributed by atoms with Crippen LogP contribution < -0.4 is 15.4 Å². The van der Waals surface area contributed by atoms with Crippen molar-refractivity contribution in [3.05, 3.63) is 78.4 Å². The minimum Gasteiger partial charge on any atom is -0.371 e. The SMILES string of the molecule is CC(C)(C)NS(=O)(=O)c1ccccc1-c1ccc(NC(=O)C2(Nc3cccc(C#N)c3)CCSCC2)cc1. The van der Waals surface area contributed by atoms with E-state index in [2.05, 4.69) is 21.4 Å². The summed E-state index contributed by atoms with van der Waals surface area (Å²) in [5.74, 6) is 1.57. The van der Waals surface area contributed by atoms with Gasteiger partial charge in [0.1, 0.15) is 5.54 Å². The maximum absolute atomic E-state index is 13.6. The number of nitrogens with zero attached hydrogens (tertiary/aromatic N) is 1. The quantitative estimate of drug-likeness (QED) is 0.354. The van der Waals surface area contributed by atoms with Gasteiger partial charge in [-0.15, -0.1) is 0 Å². The third-order valence-electron chi connectivity index (χ3n) is 6.23. The van der Waals surface area contributed by atoms with Crippen molar-refractivity contribution in [3.8, 4) is 17.2 Å². The van der Waals surface area contributed by atoms with Crippen LogP contribution in [0.25, 0.3) is 11.1 Å². The standard InChI is InChI=1S/C29H32N4O3S2/c1-28(2,3)33-38(35,36)26-10-5-4-9-25(26)22-11-13-23(14-12-22)31-27(34)29(15-17-37-18-16-29)32-24-8-6-7-21(19-24)20-30/h4-14,19,32-33H,15-18H2,1-3H3,(H,31,34). The van der Waals surface area contributed by atoms with E-state index in [1.165, 1.54) is 0 Å². The number of nitrogens with one attached hydrogen (secondary N) is 3. The van der Waals surface area contributed by atoms with Crippen LogP contribution in [0.2, 0.25) is 0 Å². The Bertz CT molecular complexity index is 1450. The van der Waals surface area contributed by atoms with Gasteiger partial charge in [0.15, 0.2) is 0 Å². The number of sulfonamides is 1. The Balaban J connectivity index is 1.57. The van der Waals surface area contributed by atoms with Crippen LogP contribution in [-0.4, -0.2) is 36.9 Å². The summed E-state index contributed by atoms with van der Waals surface area (Å²) in [5, 5.41) is 15.7. The van der Waals surface area contributed by atoms with E-state index >= 15 is 0 Å². The molecule has 0 unspecified atom stereocenters. The lowest BCUT2D eigenvalue weighted by molar-refractivity contribution is -0.120. The normalized spacial score (nSPS) is 15.3. The molecule has 0 aliphatic carbocycles. The Hall–Kier alpha value is -3.32. The van der Waals surface area contributed by atoms with E-state index in [1.54, 1.807) is 75.4 Å². The van der Waals surface area contributed by atoms with E-state index in [0.717, 1.165) is 22.8 Å². The van der Waals surface area contributed by atoms with Crippen molar-refractivity contribution in [3.63, 3.8) is 0 Å². The van der Waals surface area contributed by atoms with E-state index in [4.69, 9.17) is 0 Å². The number of hydrogen-bond donors (Lipinski definition) is 3. The topological polar surface area (TPSA) is 111 Å². The number of carbonyl (C=O) groups is 1. The Kier molecular flexibility index (Phi) is 8.16. The predicted octanol–water partition coefficient (Wildman–Crippen LogP) is 5.62. The highest BCUT2D eigenvalue weighted by molar-refractivity contribution is 7.99. The van der Waals surface area contributed by atoms with Crippen LogP contribution in [0.3, 0.4) is 0 Å². The van der Waals surface area contributed by atoms with E-state index < -0.39 is 21.1 Å². The molecule has 1 aliphatic heterocycles. The molecule has 1 saturated heterocycles. The predicted molar refractivity (Wildman–Crippen MR) is 155 cm³/mol. The van der Waals surface area contributed by atoms with E-state index in [9.17, 15) is 18.5 Å². The molecule has 1 amide bonds. The first-order valence-electron chi connectivity index (χ1n) is 12.4. The number of carbonyl (C=O) groups excluding carboxylic acids is 1. The molecule has 0 radical (unpaired) electrons. The van der Waals surface area contributed by atoms with Gasteiger partial charge in [-0.1, -0.05) is 36.4 Å². The summed E-state index contributed by atoms with van der Waals surface area (Å²) in [7, 11) is -3.73. The lowest BCUT2D eigenvalue weighted by Crippen LogP contribution is -2.52. The molecule has 3 aromatic rings. The third kappa shape index (κ3) is 6.57. The zero-order valence-corrected chi connectivity index (χ0v) is 23.4. The first-order valence-corrected chi connectivity index (χ1v) is 15.1. The largest absolute Gasteiger partial charge is 0.371 e. The van der Waals surface area contributed by atoms with Crippen molar-refractivity contribution < 1.29 is 13.2 Å². The number of amides is 1. The van der Waals surface area contributed by atoms with Crippen LogP contribution in [0.4, 0.5) is 11.4 Å². The molecule has 0 aromatic heterocycles. The van der Waals surface area contributed by atoms with Crippen molar-refractivity contribution in [1.82, 2.24) is 4.72 Å². The Morgan fingerprint density at radius 2 is 1.63 bits per heavy atom. The molecule has 7 nitrogen and oxygen atoms in total. The maximum atomic E-state index is 13.6. The second-order valence-electron chi connectivity index (χ2n) is 10.4. The Morgan fingerprint density at radius 1 is 0.947 bits per heavy atom. The second-order valence-corrected chi connectivity index (χ2v) is 13.3. The van der Waals surface area contributed by atoms with E-state index in [-0.39, 0.29) is 10.8 Å². The molecule has 198 valence electrons. The summed E-state index contributed by atoms with van der Waals surface area (Å²) in [6.07, 6.45) is 1.31. The van der Waals surface area contributed by atoms with Crippen LogP contribution in [0, 0.1) is 11.3 Å². The average molecular weight is 549 g/mol. The zero-order valence-electron chi connectivity index (χ0n) is 21.7. The molecule has 3 aromatic carbocycles. The van der Waals surface area contributed by atoms with Crippen LogP contribution >= 0.6 is 11.8 Å². The fourth-order valence-electron chi connectivity index (χ4n) is 4.45. The molecule has 0 spiro atoms. The molecule has 9 heteroatoms. The molecular formula is C29H32N4O3S2. The summed E-state index contributed by atoms with van der Waals surface area (Å²) in [4.78, 5) is 13.8. The van der Waals surface area contributed by atoms with Gasteiger partial charge in [0.05, 0.1) is 16.5 Å². The Labute approximate surface area is 229 Å². The lowest BCUT2D eigenvalue weighted by Gasteiger charge is -2.37. The van der Waals surface area contributed by atoms with Gasteiger partial charge in [-0.25, -0.2) is 13.1 Å². The minimum absolute atomic E-state index is 0.134. The van der Waals surface area contributed by atoms with Gasteiger partial charge in [0.2, 0.25) is 15.9 Å². The van der Waals surface area contributed by atoms with Crippen molar-refractivity contribution >= 4 is 39.1 Å². The molecule has 0 saturated carbocycles. The fraction of sp³-hybridized carbons (Fsp3) is 0.310. The highest BCUT2D eigenvalue weighted by Gasteiger charge is 2.40. The Morgan fingerprint density at radius 3 is 2.29 bits per heavy atom. The first kappa shape index (κ1) is 27.7. The van der Waals surface area contributed by atoms with Gasteiger partial charge in [-0.05, 0) is 87.1 Å². The van der Waals surface area contributed by atoms with Crippen molar-refractivity contribution in [2.24, 2.45) is 0 Å². The summed E-state index contributed by atoms with van der Waals surface area (Å²) >= 11 is 1.82. The number of nitriles is 1. The van der Waals surface area contributed by atoms with Crippen molar-refractivity contribution in [2.45, 2.75) is 49.6 Å². The van der Waals surface area contributed by atoms with Gasteiger partial charge in [0, 0.05) is 22.5 Å². The number of hydrogen-bond acceptors (Lipinski definition) is 6. The van der Waals surface area contributed by atoms with Gasteiger partial charge < -0.3 is 10.6 Å². The summed E-state index contributed by atoms with van der Waals surface area (Å²) < 4.78 is 28.8. The third-order valence-corrected chi connectivity index (χ3v) is 9.03.